The van der Waals surface area contributed by atoms with Crippen molar-refractivity contribution in [2.75, 3.05) is 13.2 Å². The zero-order chi connectivity index (χ0) is 13.9. The van der Waals surface area contributed by atoms with Gasteiger partial charge in [0.1, 0.15) is 12.4 Å². The molecule has 2 rings (SSSR count). The topological polar surface area (TPSA) is 47.9 Å². The molecule has 0 N–H and O–H groups in total. The first-order chi connectivity index (χ1) is 9.00. The second-order valence-electron chi connectivity index (χ2n) is 5.61. The Hall–Kier alpha value is -1.58. The number of rotatable bonds is 3. The van der Waals surface area contributed by atoms with E-state index in [-0.39, 0.29) is 17.4 Å². The number of aliphatic imine (C=N–C) groups is 1. The zero-order valence-corrected chi connectivity index (χ0v) is 11.8. The predicted molar refractivity (Wildman–Crippen MR) is 74.0 cm³/mol. The molecule has 4 heteroatoms. The normalized spacial score (nSPS) is 24.5. The molecular weight excluding hydrogens is 242 g/mol. The maximum atomic E-state index is 11.5. The Kier molecular flexibility index (Phi) is 4.08. The summed E-state index contributed by atoms with van der Waals surface area (Å²) in [5.41, 5.74) is 1.02. The fourth-order valence-electron chi connectivity index (χ4n) is 2.27. The third kappa shape index (κ3) is 3.69. The van der Waals surface area contributed by atoms with Crippen molar-refractivity contribution in [1.29, 1.82) is 0 Å². The van der Waals surface area contributed by atoms with Crippen molar-refractivity contribution in [2.24, 2.45) is 10.4 Å². The molecule has 0 radical (unpaired) electrons. The van der Waals surface area contributed by atoms with E-state index in [9.17, 15) is 4.79 Å². The summed E-state index contributed by atoms with van der Waals surface area (Å²) in [6.07, 6.45) is 7.25. The lowest BCUT2D eigenvalue weighted by Crippen LogP contribution is -2.29. The van der Waals surface area contributed by atoms with Crippen LogP contribution in [0.4, 0.5) is 0 Å². The zero-order valence-electron chi connectivity index (χ0n) is 11.8. The molecule has 1 unspecified atom stereocenters. The van der Waals surface area contributed by atoms with Crippen LogP contribution in [0.15, 0.2) is 29.0 Å². The van der Waals surface area contributed by atoms with Crippen LogP contribution in [-0.2, 0) is 14.3 Å². The second kappa shape index (κ2) is 5.59. The number of hydrogen-bond acceptors (Lipinski definition) is 4. The Morgan fingerprint density at radius 2 is 2.37 bits per heavy atom. The Morgan fingerprint density at radius 1 is 1.58 bits per heavy atom. The van der Waals surface area contributed by atoms with Crippen molar-refractivity contribution in [1.82, 2.24) is 0 Å². The predicted octanol–water partition coefficient (Wildman–Crippen LogP) is 2.65. The van der Waals surface area contributed by atoms with Crippen molar-refractivity contribution in [3.8, 4) is 0 Å². The Bertz CT molecular complexity index is 446. The molecule has 1 aliphatic carbocycles. The van der Waals surface area contributed by atoms with E-state index in [0.29, 0.717) is 19.6 Å². The Labute approximate surface area is 114 Å². The first-order valence-electron chi connectivity index (χ1n) is 6.75. The van der Waals surface area contributed by atoms with Crippen LogP contribution in [0.25, 0.3) is 0 Å². The van der Waals surface area contributed by atoms with Crippen molar-refractivity contribution >= 4 is 11.7 Å². The third-order valence-electron chi connectivity index (χ3n) is 3.18. The van der Waals surface area contributed by atoms with Crippen LogP contribution in [-0.4, -0.2) is 30.9 Å². The van der Waals surface area contributed by atoms with Gasteiger partial charge in [0.05, 0.1) is 24.8 Å². The summed E-state index contributed by atoms with van der Waals surface area (Å²) in [6.45, 7) is 6.99. The minimum absolute atomic E-state index is 0.0618. The van der Waals surface area contributed by atoms with Gasteiger partial charge in [-0.05, 0) is 18.4 Å². The van der Waals surface area contributed by atoms with Crippen LogP contribution < -0.4 is 0 Å². The summed E-state index contributed by atoms with van der Waals surface area (Å²) in [5, 5.41) is 0. The maximum Gasteiger partial charge on any atom is 0.308 e. The van der Waals surface area contributed by atoms with E-state index in [4.69, 9.17) is 9.47 Å². The average Bonchev–Trinajstić information content (AvgIpc) is 2.45. The molecule has 1 atom stereocenters. The van der Waals surface area contributed by atoms with Crippen molar-refractivity contribution in [3.05, 3.63) is 24.0 Å². The Morgan fingerprint density at radius 3 is 3.11 bits per heavy atom. The highest BCUT2D eigenvalue weighted by atomic mass is 16.5. The van der Waals surface area contributed by atoms with E-state index >= 15 is 0 Å². The highest BCUT2D eigenvalue weighted by Gasteiger charge is 2.28. The first-order valence-corrected chi connectivity index (χ1v) is 6.75. The van der Waals surface area contributed by atoms with E-state index < -0.39 is 0 Å². The summed E-state index contributed by atoms with van der Waals surface area (Å²) < 4.78 is 10.7. The quantitative estimate of drug-likeness (QED) is 0.735. The minimum Gasteiger partial charge on any atom is -0.489 e. The minimum atomic E-state index is -0.209. The summed E-state index contributed by atoms with van der Waals surface area (Å²) in [6, 6.07) is -0.125. The van der Waals surface area contributed by atoms with Gasteiger partial charge >= 0.3 is 5.97 Å². The second-order valence-corrected chi connectivity index (χ2v) is 5.61. The monoisotopic (exact) mass is 263 g/mol. The van der Waals surface area contributed by atoms with Crippen molar-refractivity contribution < 1.29 is 14.3 Å². The molecule has 0 saturated heterocycles. The van der Waals surface area contributed by atoms with Gasteiger partial charge in [-0.1, -0.05) is 26.0 Å². The number of hydrogen-bond donors (Lipinski definition) is 0. The first kappa shape index (κ1) is 13.8. The molecular formula is C15H21NO3. The van der Waals surface area contributed by atoms with Crippen LogP contribution in [0.3, 0.4) is 0 Å². The third-order valence-corrected chi connectivity index (χ3v) is 3.18. The highest BCUT2D eigenvalue weighted by Crippen LogP contribution is 2.30. The van der Waals surface area contributed by atoms with Crippen LogP contribution in [0, 0.1) is 5.41 Å². The molecule has 0 aromatic carbocycles. The molecule has 1 aliphatic heterocycles. The van der Waals surface area contributed by atoms with E-state index in [2.05, 4.69) is 24.9 Å². The smallest absolute Gasteiger partial charge is 0.308 e. The lowest BCUT2D eigenvalue weighted by Gasteiger charge is -2.26. The molecule has 0 fully saturated rings. The Balaban J connectivity index is 2.09. The molecule has 19 heavy (non-hydrogen) atoms. The number of nitrogens with zero attached hydrogens (tertiary/aromatic N) is 1. The van der Waals surface area contributed by atoms with Crippen LogP contribution in [0.1, 0.15) is 33.6 Å². The molecule has 1 heterocycles. The number of allylic oxidation sites excluding steroid dienone is 4. The van der Waals surface area contributed by atoms with Gasteiger partial charge in [0.2, 0.25) is 0 Å². The SMILES string of the molecule is CCOC(=O)CC1COC2=CC=CC(C)(C)CC2=N1. The van der Waals surface area contributed by atoms with Gasteiger partial charge in [0.25, 0.3) is 0 Å². The molecule has 0 spiro atoms. The van der Waals surface area contributed by atoms with E-state index in [1.165, 1.54) is 0 Å². The van der Waals surface area contributed by atoms with Crippen molar-refractivity contribution in [3.63, 3.8) is 0 Å². The number of carbonyl (C=O) groups excluding carboxylic acids is 1. The van der Waals surface area contributed by atoms with Gasteiger partial charge in [-0.3, -0.25) is 9.79 Å². The summed E-state index contributed by atoms with van der Waals surface area (Å²) in [4.78, 5) is 16.2. The number of fused-ring (bicyclic) bond motifs is 1. The van der Waals surface area contributed by atoms with E-state index in [1.807, 2.05) is 19.1 Å². The number of carbonyl (C=O) groups is 1. The fraction of sp³-hybridized carbons (Fsp3) is 0.600. The average molecular weight is 263 g/mol. The molecule has 104 valence electrons. The molecule has 0 amide bonds. The van der Waals surface area contributed by atoms with Gasteiger partial charge in [0.15, 0.2) is 0 Å². The lowest BCUT2D eigenvalue weighted by molar-refractivity contribution is -0.143. The maximum absolute atomic E-state index is 11.5. The van der Waals surface area contributed by atoms with Gasteiger partial charge in [0, 0.05) is 6.42 Å². The molecule has 0 bridgehead atoms. The fourth-order valence-corrected chi connectivity index (χ4v) is 2.27. The van der Waals surface area contributed by atoms with Crippen LogP contribution in [0.2, 0.25) is 0 Å². The van der Waals surface area contributed by atoms with Gasteiger partial charge < -0.3 is 9.47 Å². The van der Waals surface area contributed by atoms with Gasteiger partial charge in [-0.15, -0.1) is 0 Å². The molecule has 0 aromatic rings. The lowest BCUT2D eigenvalue weighted by atomic mass is 9.87. The van der Waals surface area contributed by atoms with Gasteiger partial charge in [-0.25, -0.2) is 0 Å². The van der Waals surface area contributed by atoms with Crippen LogP contribution in [0.5, 0.6) is 0 Å². The highest BCUT2D eigenvalue weighted by molar-refractivity contribution is 6.00. The molecule has 4 nitrogen and oxygen atoms in total. The number of esters is 1. The molecule has 0 aromatic heterocycles. The standard InChI is InChI=1S/C15H21NO3/c1-4-18-14(17)8-11-10-19-13-6-5-7-15(2,3)9-12(13)16-11/h5-7,11H,4,8-10H2,1-3H3. The van der Waals surface area contributed by atoms with Crippen LogP contribution >= 0.6 is 0 Å². The number of ether oxygens (including phenoxy) is 2. The van der Waals surface area contributed by atoms with Gasteiger partial charge in [-0.2, -0.15) is 0 Å². The van der Waals surface area contributed by atoms with E-state index in [1.54, 1.807) is 0 Å². The van der Waals surface area contributed by atoms with E-state index in [0.717, 1.165) is 17.9 Å². The summed E-state index contributed by atoms with van der Waals surface area (Å²) >= 11 is 0. The molecule has 2 aliphatic rings. The molecule has 0 saturated carbocycles. The van der Waals surface area contributed by atoms with Crippen molar-refractivity contribution in [2.45, 2.75) is 39.7 Å². The largest absolute Gasteiger partial charge is 0.489 e. The summed E-state index contributed by atoms with van der Waals surface area (Å²) in [7, 11) is 0. The summed E-state index contributed by atoms with van der Waals surface area (Å²) in [5.74, 6) is 0.626.